The smallest absolute Gasteiger partial charge is 0.325 e. The number of piperazine rings is 1. The predicted molar refractivity (Wildman–Crippen MR) is 92.5 cm³/mol. The van der Waals surface area contributed by atoms with Gasteiger partial charge >= 0.3 is 5.97 Å². The molecule has 2 rings (SSSR count). The lowest BCUT2D eigenvalue weighted by atomic mass is 10.0. The van der Waals surface area contributed by atoms with Crippen LogP contribution in [0.1, 0.15) is 32.4 Å². The van der Waals surface area contributed by atoms with Crippen molar-refractivity contribution in [2.75, 3.05) is 33.3 Å². The third kappa shape index (κ3) is 4.19. The van der Waals surface area contributed by atoms with E-state index in [-0.39, 0.29) is 5.75 Å². The molecule has 2 unspecified atom stereocenters. The van der Waals surface area contributed by atoms with Gasteiger partial charge in [-0.05, 0) is 30.5 Å². The van der Waals surface area contributed by atoms with Gasteiger partial charge in [0.05, 0.1) is 7.11 Å². The number of hydrogen-bond donors (Lipinski definition) is 2. The molecule has 1 heterocycles. The summed E-state index contributed by atoms with van der Waals surface area (Å²) in [6.45, 7) is 9.83. The van der Waals surface area contributed by atoms with Crippen molar-refractivity contribution < 1.29 is 19.7 Å². The molecule has 1 aliphatic heterocycles. The molecule has 2 atom stereocenters. The van der Waals surface area contributed by atoms with Gasteiger partial charge < -0.3 is 14.9 Å². The summed E-state index contributed by atoms with van der Waals surface area (Å²) < 4.78 is 5.12. The van der Waals surface area contributed by atoms with Crippen LogP contribution in [0.3, 0.4) is 0 Å². The van der Waals surface area contributed by atoms with E-state index in [1.54, 1.807) is 12.1 Å². The Morgan fingerprint density at radius 1 is 1.38 bits per heavy atom. The molecule has 6 heteroatoms. The molecule has 0 aromatic heterocycles. The van der Waals surface area contributed by atoms with Gasteiger partial charge in [0.25, 0.3) is 0 Å². The number of ether oxygens (including phenoxy) is 1. The maximum atomic E-state index is 11.9. The lowest BCUT2D eigenvalue weighted by Crippen LogP contribution is -2.54. The van der Waals surface area contributed by atoms with Gasteiger partial charge in [0, 0.05) is 32.2 Å². The van der Waals surface area contributed by atoms with Crippen molar-refractivity contribution in [3.63, 3.8) is 0 Å². The number of carbonyl (C=O) groups is 1. The van der Waals surface area contributed by atoms with Gasteiger partial charge in [-0.2, -0.15) is 0 Å². The highest BCUT2D eigenvalue weighted by molar-refractivity contribution is 5.76. The Hall–Kier alpha value is -1.79. The van der Waals surface area contributed by atoms with E-state index in [2.05, 4.69) is 25.7 Å². The normalized spacial score (nSPS) is 21.0. The Bertz CT molecular complexity index is 576. The van der Waals surface area contributed by atoms with E-state index in [4.69, 9.17) is 4.74 Å². The third-order valence-corrected chi connectivity index (χ3v) is 4.51. The van der Waals surface area contributed by atoms with Gasteiger partial charge in [-0.3, -0.25) is 14.6 Å². The van der Waals surface area contributed by atoms with E-state index < -0.39 is 12.0 Å². The van der Waals surface area contributed by atoms with Crippen LogP contribution in [0.25, 0.3) is 0 Å². The Morgan fingerprint density at radius 2 is 2.08 bits per heavy atom. The molecule has 0 bridgehead atoms. The number of aromatic hydroxyl groups is 1. The van der Waals surface area contributed by atoms with E-state index >= 15 is 0 Å². The van der Waals surface area contributed by atoms with Crippen LogP contribution >= 0.6 is 0 Å². The summed E-state index contributed by atoms with van der Waals surface area (Å²) in [5.41, 5.74) is 0.627. The molecule has 1 fully saturated rings. The molecular formula is C18H28N2O4. The number of methoxy groups -OCH3 is 1. The first-order valence-corrected chi connectivity index (χ1v) is 8.41. The molecule has 6 nitrogen and oxygen atoms in total. The lowest BCUT2D eigenvalue weighted by molar-refractivity contribution is -0.145. The van der Waals surface area contributed by atoms with Gasteiger partial charge in [0.2, 0.25) is 0 Å². The van der Waals surface area contributed by atoms with Crippen LogP contribution in [0.15, 0.2) is 18.2 Å². The number of phenolic OH excluding ortho intramolecular Hbond substituents is 1. The fourth-order valence-corrected chi connectivity index (χ4v) is 3.37. The fraction of sp³-hybridized carbons (Fsp3) is 0.611. The molecule has 0 spiro atoms. The molecule has 134 valence electrons. The van der Waals surface area contributed by atoms with Crippen molar-refractivity contribution in [3.8, 4) is 11.5 Å². The molecule has 24 heavy (non-hydrogen) atoms. The van der Waals surface area contributed by atoms with Crippen LogP contribution in [0.2, 0.25) is 0 Å². The molecule has 1 saturated heterocycles. The average Bonchev–Trinajstić information content (AvgIpc) is 2.51. The van der Waals surface area contributed by atoms with Gasteiger partial charge in [0.15, 0.2) is 11.5 Å². The number of rotatable bonds is 6. The Kier molecular flexibility index (Phi) is 6.07. The largest absolute Gasteiger partial charge is 0.504 e. The van der Waals surface area contributed by atoms with Crippen molar-refractivity contribution in [2.24, 2.45) is 5.92 Å². The number of carboxylic acids is 1. The number of carboxylic acid groups (broad SMARTS) is 1. The maximum Gasteiger partial charge on any atom is 0.325 e. The number of aliphatic carboxylic acids is 1. The van der Waals surface area contributed by atoms with Crippen molar-refractivity contribution in [1.82, 2.24) is 9.80 Å². The number of benzene rings is 1. The van der Waals surface area contributed by atoms with Crippen LogP contribution < -0.4 is 4.74 Å². The highest BCUT2D eigenvalue weighted by Gasteiger charge is 2.33. The highest BCUT2D eigenvalue weighted by atomic mass is 16.5. The SMILES string of the molecule is COc1cc(C(C(=O)O)N2CCN(CC(C)C)C(C)C2)ccc1O. The topological polar surface area (TPSA) is 73.2 Å². The zero-order chi connectivity index (χ0) is 17.9. The second-order valence-corrected chi connectivity index (χ2v) is 6.90. The first kappa shape index (κ1) is 18.5. The van der Waals surface area contributed by atoms with Crippen molar-refractivity contribution in [1.29, 1.82) is 0 Å². The minimum atomic E-state index is -0.882. The van der Waals surface area contributed by atoms with Crippen molar-refractivity contribution in [2.45, 2.75) is 32.9 Å². The van der Waals surface area contributed by atoms with Gasteiger partial charge in [-0.25, -0.2) is 0 Å². The lowest BCUT2D eigenvalue weighted by Gasteiger charge is -2.42. The second-order valence-electron chi connectivity index (χ2n) is 6.90. The quantitative estimate of drug-likeness (QED) is 0.830. The molecule has 1 aliphatic rings. The molecular weight excluding hydrogens is 308 g/mol. The van der Waals surface area contributed by atoms with Gasteiger partial charge in [-0.15, -0.1) is 0 Å². The summed E-state index contributed by atoms with van der Waals surface area (Å²) in [4.78, 5) is 16.3. The zero-order valence-corrected chi connectivity index (χ0v) is 14.9. The van der Waals surface area contributed by atoms with E-state index in [1.807, 2.05) is 4.90 Å². The molecule has 2 N–H and O–H groups in total. The molecule has 0 radical (unpaired) electrons. The Labute approximate surface area is 143 Å². The molecule has 1 aromatic carbocycles. The van der Waals surface area contributed by atoms with Crippen LogP contribution in [-0.4, -0.2) is 65.3 Å². The summed E-state index contributed by atoms with van der Waals surface area (Å²) in [5, 5.41) is 19.5. The van der Waals surface area contributed by atoms with E-state index in [0.717, 1.165) is 13.1 Å². The van der Waals surface area contributed by atoms with E-state index in [9.17, 15) is 15.0 Å². The fourth-order valence-electron chi connectivity index (χ4n) is 3.37. The van der Waals surface area contributed by atoms with Crippen molar-refractivity contribution in [3.05, 3.63) is 23.8 Å². The summed E-state index contributed by atoms with van der Waals surface area (Å²) in [7, 11) is 1.46. The average molecular weight is 336 g/mol. The third-order valence-electron chi connectivity index (χ3n) is 4.51. The van der Waals surface area contributed by atoms with Crippen LogP contribution in [0, 0.1) is 5.92 Å². The number of phenols is 1. The maximum absolute atomic E-state index is 11.9. The second kappa shape index (κ2) is 7.85. The summed E-state index contributed by atoms with van der Waals surface area (Å²) in [5.74, 6) is 0.0219. The monoisotopic (exact) mass is 336 g/mol. The van der Waals surface area contributed by atoms with Gasteiger partial charge in [0.1, 0.15) is 6.04 Å². The first-order chi connectivity index (χ1) is 11.3. The van der Waals surface area contributed by atoms with E-state index in [1.165, 1.54) is 13.2 Å². The Balaban J connectivity index is 2.19. The summed E-state index contributed by atoms with van der Waals surface area (Å²) in [6.07, 6.45) is 0. The number of hydrogen-bond acceptors (Lipinski definition) is 5. The van der Waals surface area contributed by atoms with Crippen molar-refractivity contribution >= 4 is 5.97 Å². The van der Waals surface area contributed by atoms with E-state index in [0.29, 0.717) is 36.4 Å². The van der Waals surface area contributed by atoms with Gasteiger partial charge in [-0.1, -0.05) is 19.9 Å². The number of nitrogens with zero attached hydrogens (tertiary/aromatic N) is 2. The minimum absolute atomic E-state index is 0.0144. The predicted octanol–water partition coefficient (Wildman–Crippen LogP) is 2.19. The zero-order valence-electron chi connectivity index (χ0n) is 14.9. The molecule has 1 aromatic rings. The van der Waals surface area contributed by atoms with Crippen LogP contribution in [-0.2, 0) is 4.79 Å². The highest BCUT2D eigenvalue weighted by Crippen LogP contribution is 2.32. The van der Waals surface area contributed by atoms with Crippen LogP contribution in [0.4, 0.5) is 0 Å². The standard InChI is InChI=1S/C18H28N2O4/c1-12(2)10-19-7-8-20(11-13(19)3)17(18(22)23)14-5-6-15(21)16(9-14)24-4/h5-6,9,12-13,17,21H,7-8,10-11H2,1-4H3,(H,22,23). The Morgan fingerprint density at radius 3 is 2.62 bits per heavy atom. The summed E-state index contributed by atoms with van der Waals surface area (Å²) in [6, 6.07) is 4.33. The minimum Gasteiger partial charge on any atom is -0.504 e. The summed E-state index contributed by atoms with van der Waals surface area (Å²) >= 11 is 0. The molecule has 0 aliphatic carbocycles. The molecule has 0 amide bonds. The molecule has 0 saturated carbocycles. The first-order valence-electron chi connectivity index (χ1n) is 8.41. The van der Waals surface area contributed by atoms with Crippen LogP contribution in [0.5, 0.6) is 11.5 Å².